The van der Waals surface area contributed by atoms with Crippen molar-refractivity contribution in [1.29, 1.82) is 0 Å². The van der Waals surface area contributed by atoms with Crippen molar-refractivity contribution in [3.63, 3.8) is 0 Å². The summed E-state index contributed by atoms with van der Waals surface area (Å²) in [6, 6.07) is 20.3. The SMILES string of the molecule is CNC(=O)[C@@H](Cc1ccccc1)N(Cc1ccc(Cl)cc1Cl)C(=O)CCCN(c1cccc(OC)c1)S(C)(=O)=O. The fraction of sp³-hybridized carbons (Fsp3) is 0.310. The predicted molar refractivity (Wildman–Crippen MR) is 159 cm³/mol. The number of amides is 2. The fourth-order valence-corrected chi connectivity index (χ4v) is 5.75. The van der Waals surface area contributed by atoms with E-state index in [1.807, 2.05) is 30.3 Å². The predicted octanol–water partition coefficient (Wildman–Crippen LogP) is 4.93. The maximum Gasteiger partial charge on any atom is 0.242 e. The first-order valence-electron chi connectivity index (χ1n) is 12.6. The van der Waals surface area contributed by atoms with Crippen molar-refractivity contribution < 1.29 is 22.7 Å². The molecule has 0 bridgehead atoms. The normalized spacial score (nSPS) is 11.9. The van der Waals surface area contributed by atoms with Crippen molar-refractivity contribution in [1.82, 2.24) is 10.2 Å². The van der Waals surface area contributed by atoms with Crippen molar-refractivity contribution in [3.05, 3.63) is 94.0 Å². The summed E-state index contributed by atoms with van der Waals surface area (Å²) in [7, 11) is -0.608. The maximum absolute atomic E-state index is 13.7. The van der Waals surface area contributed by atoms with E-state index in [1.165, 1.54) is 23.4 Å². The van der Waals surface area contributed by atoms with Crippen LogP contribution in [-0.2, 0) is 32.6 Å². The molecule has 2 amide bonds. The number of benzene rings is 3. The van der Waals surface area contributed by atoms with Gasteiger partial charge in [0.15, 0.2) is 0 Å². The van der Waals surface area contributed by atoms with Gasteiger partial charge in [-0.2, -0.15) is 0 Å². The van der Waals surface area contributed by atoms with Crippen LogP contribution in [0, 0.1) is 0 Å². The Hall–Kier alpha value is -3.27. The first kappa shape index (κ1) is 31.3. The lowest BCUT2D eigenvalue weighted by atomic mass is 10.0. The Labute approximate surface area is 245 Å². The van der Waals surface area contributed by atoms with Crippen LogP contribution in [0.25, 0.3) is 0 Å². The average molecular weight is 607 g/mol. The Morgan fingerprint density at radius 1 is 1.00 bits per heavy atom. The lowest BCUT2D eigenvalue weighted by molar-refractivity contribution is -0.141. The van der Waals surface area contributed by atoms with Gasteiger partial charge in [0.1, 0.15) is 11.8 Å². The summed E-state index contributed by atoms with van der Waals surface area (Å²) < 4.78 is 31.7. The van der Waals surface area contributed by atoms with Gasteiger partial charge in [-0.1, -0.05) is 65.7 Å². The molecule has 40 heavy (non-hydrogen) atoms. The Bertz CT molecular complexity index is 1420. The lowest BCUT2D eigenvalue weighted by Crippen LogP contribution is -2.49. The zero-order chi connectivity index (χ0) is 29.3. The van der Waals surface area contributed by atoms with Crippen molar-refractivity contribution in [2.45, 2.75) is 31.8 Å². The Morgan fingerprint density at radius 2 is 1.73 bits per heavy atom. The number of nitrogens with zero attached hydrogens (tertiary/aromatic N) is 2. The first-order chi connectivity index (χ1) is 19.0. The Morgan fingerprint density at radius 3 is 2.35 bits per heavy atom. The third-order valence-corrected chi connectivity index (χ3v) is 8.15. The van der Waals surface area contributed by atoms with Gasteiger partial charge in [0, 0.05) is 49.1 Å². The molecular weight excluding hydrogens is 573 g/mol. The van der Waals surface area contributed by atoms with Crippen molar-refractivity contribution in [2.24, 2.45) is 0 Å². The monoisotopic (exact) mass is 605 g/mol. The molecule has 214 valence electrons. The molecule has 0 heterocycles. The summed E-state index contributed by atoms with van der Waals surface area (Å²) >= 11 is 12.5. The van der Waals surface area contributed by atoms with E-state index in [0.29, 0.717) is 27.0 Å². The van der Waals surface area contributed by atoms with Crippen LogP contribution in [-0.4, -0.2) is 58.1 Å². The second-order valence-corrected chi connectivity index (χ2v) is 12.0. The lowest BCUT2D eigenvalue weighted by Gasteiger charge is -2.32. The number of hydrogen-bond acceptors (Lipinski definition) is 5. The van der Waals surface area contributed by atoms with Crippen LogP contribution in [0.15, 0.2) is 72.8 Å². The second kappa shape index (κ2) is 14.4. The zero-order valence-electron chi connectivity index (χ0n) is 22.6. The summed E-state index contributed by atoms with van der Waals surface area (Å²) in [5.41, 5.74) is 1.96. The van der Waals surface area contributed by atoms with Crippen LogP contribution in [0.1, 0.15) is 24.0 Å². The number of halogens is 2. The molecule has 11 heteroatoms. The number of likely N-dealkylation sites (N-methyl/N-ethyl adjacent to an activating group) is 1. The molecule has 0 radical (unpaired) electrons. The van der Waals surface area contributed by atoms with E-state index < -0.39 is 16.1 Å². The molecule has 3 rings (SSSR count). The summed E-state index contributed by atoms with van der Waals surface area (Å²) in [5, 5.41) is 3.50. The summed E-state index contributed by atoms with van der Waals surface area (Å²) in [6.07, 6.45) is 1.63. The van der Waals surface area contributed by atoms with Gasteiger partial charge in [-0.05, 0) is 41.8 Å². The van der Waals surface area contributed by atoms with Gasteiger partial charge < -0.3 is 15.0 Å². The molecule has 0 saturated heterocycles. The van der Waals surface area contributed by atoms with Gasteiger partial charge in [0.25, 0.3) is 0 Å². The molecule has 0 unspecified atom stereocenters. The highest BCUT2D eigenvalue weighted by Gasteiger charge is 2.30. The van der Waals surface area contributed by atoms with Crippen LogP contribution < -0.4 is 14.4 Å². The van der Waals surface area contributed by atoms with Crippen LogP contribution in [0.5, 0.6) is 5.75 Å². The number of hydrogen-bond donors (Lipinski definition) is 1. The quantitative estimate of drug-likeness (QED) is 0.298. The molecule has 0 saturated carbocycles. The number of carbonyl (C=O) groups excluding carboxylic acids is 2. The van der Waals surface area contributed by atoms with Crippen molar-refractivity contribution in [3.8, 4) is 5.75 Å². The van der Waals surface area contributed by atoms with E-state index in [1.54, 1.807) is 42.5 Å². The molecule has 3 aromatic rings. The second-order valence-electron chi connectivity index (χ2n) is 9.22. The minimum Gasteiger partial charge on any atom is -0.497 e. The minimum absolute atomic E-state index is 0.00345. The highest BCUT2D eigenvalue weighted by molar-refractivity contribution is 7.92. The van der Waals surface area contributed by atoms with E-state index in [4.69, 9.17) is 27.9 Å². The maximum atomic E-state index is 13.7. The first-order valence-corrected chi connectivity index (χ1v) is 15.2. The minimum atomic E-state index is -3.63. The summed E-state index contributed by atoms with van der Waals surface area (Å²) in [5.74, 6) is -0.117. The summed E-state index contributed by atoms with van der Waals surface area (Å²) in [6.45, 7) is 0.141. The van der Waals surface area contributed by atoms with Gasteiger partial charge in [0.2, 0.25) is 21.8 Å². The van der Waals surface area contributed by atoms with Crippen molar-refractivity contribution in [2.75, 3.05) is 31.3 Å². The molecular formula is C29H33Cl2N3O5S. The molecule has 1 atom stereocenters. The van der Waals surface area contributed by atoms with Gasteiger partial charge in [-0.25, -0.2) is 8.42 Å². The number of methoxy groups -OCH3 is 1. The zero-order valence-corrected chi connectivity index (χ0v) is 25.0. The van der Waals surface area contributed by atoms with E-state index in [9.17, 15) is 18.0 Å². The third kappa shape index (κ3) is 8.61. The highest BCUT2D eigenvalue weighted by atomic mass is 35.5. The number of rotatable bonds is 13. The molecule has 0 aromatic heterocycles. The average Bonchev–Trinajstić information content (AvgIpc) is 2.93. The molecule has 0 aliphatic heterocycles. The Balaban J connectivity index is 1.87. The number of anilines is 1. The smallest absolute Gasteiger partial charge is 0.242 e. The highest BCUT2D eigenvalue weighted by Crippen LogP contribution is 2.26. The van der Waals surface area contributed by atoms with Crippen LogP contribution >= 0.6 is 23.2 Å². The van der Waals surface area contributed by atoms with Gasteiger partial charge in [-0.3, -0.25) is 13.9 Å². The number of nitrogens with one attached hydrogen (secondary N) is 1. The van der Waals surface area contributed by atoms with E-state index in [0.717, 1.165) is 11.8 Å². The third-order valence-electron chi connectivity index (χ3n) is 6.37. The Kier molecular flexibility index (Phi) is 11.2. The summed E-state index contributed by atoms with van der Waals surface area (Å²) in [4.78, 5) is 28.3. The molecule has 8 nitrogen and oxygen atoms in total. The molecule has 3 aromatic carbocycles. The molecule has 0 aliphatic carbocycles. The number of ether oxygens (including phenoxy) is 1. The van der Waals surface area contributed by atoms with Gasteiger partial charge in [-0.15, -0.1) is 0 Å². The standard InChI is InChI=1S/C29H33Cl2N3O5S/c1-32-29(36)27(17-21-9-5-4-6-10-21)33(20-22-14-15-23(30)18-26(22)31)28(35)13-8-16-34(40(3,37)38)24-11-7-12-25(19-24)39-2/h4-7,9-12,14-15,18-19,27H,8,13,16-17,20H2,1-3H3,(H,32,36)/t27-/m1/s1. The largest absolute Gasteiger partial charge is 0.497 e. The molecule has 1 N–H and O–H groups in total. The van der Waals surface area contributed by atoms with E-state index in [2.05, 4.69) is 5.32 Å². The molecule has 0 aliphatic rings. The van der Waals surface area contributed by atoms with Crippen LogP contribution in [0.4, 0.5) is 5.69 Å². The van der Waals surface area contributed by atoms with E-state index >= 15 is 0 Å². The molecule has 0 spiro atoms. The van der Waals surface area contributed by atoms with Crippen molar-refractivity contribution >= 4 is 50.7 Å². The fourth-order valence-electron chi connectivity index (χ4n) is 4.32. The van der Waals surface area contributed by atoms with Gasteiger partial charge >= 0.3 is 0 Å². The van der Waals surface area contributed by atoms with Crippen LogP contribution in [0.2, 0.25) is 10.0 Å². The number of carbonyl (C=O) groups is 2. The van der Waals surface area contributed by atoms with Crippen LogP contribution in [0.3, 0.4) is 0 Å². The molecule has 0 fully saturated rings. The topological polar surface area (TPSA) is 96.0 Å². The van der Waals surface area contributed by atoms with Gasteiger partial charge in [0.05, 0.1) is 19.1 Å². The van der Waals surface area contributed by atoms with E-state index in [-0.39, 0.29) is 44.2 Å². The number of sulfonamides is 1.